The van der Waals surface area contributed by atoms with Crippen LogP contribution in [0.2, 0.25) is 0 Å². The van der Waals surface area contributed by atoms with E-state index in [4.69, 9.17) is 9.47 Å². The minimum absolute atomic E-state index is 0.0524. The molecule has 27 heavy (non-hydrogen) atoms. The number of benzene rings is 2. The highest BCUT2D eigenvalue weighted by atomic mass is 16.5. The van der Waals surface area contributed by atoms with Crippen LogP contribution >= 0.6 is 0 Å². The predicted molar refractivity (Wildman–Crippen MR) is 105 cm³/mol. The fourth-order valence-corrected chi connectivity index (χ4v) is 2.36. The molecule has 144 valence electrons. The van der Waals surface area contributed by atoms with Gasteiger partial charge < -0.3 is 20.1 Å². The third kappa shape index (κ3) is 5.74. The lowest BCUT2D eigenvalue weighted by atomic mass is 10.1. The van der Waals surface area contributed by atoms with Gasteiger partial charge in [-0.2, -0.15) is 0 Å². The maximum atomic E-state index is 12.5. The first-order chi connectivity index (χ1) is 12.9. The molecule has 0 fully saturated rings. The molecule has 2 N–H and O–H groups in total. The number of carbonyl (C=O) groups is 2. The highest BCUT2D eigenvalue weighted by Crippen LogP contribution is 2.21. The van der Waals surface area contributed by atoms with Gasteiger partial charge in [-0.3, -0.25) is 9.59 Å². The van der Waals surface area contributed by atoms with Gasteiger partial charge in [-0.05, 0) is 44.5 Å². The number of amides is 2. The molecule has 0 aliphatic carbocycles. The van der Waals surface area contributed by atoms with Crippen LogP contribution in [-0.4, -0.2) is 31.1 Å². The fourth-order valence-electron chi connectivity index (χ4n) is 2.36. The van der Waals surface area contributed by atoms with Gasteiger partial charge in [0, 0.05) is 12.1 Å². The van der Waals surface area contributed by atoms with Crippen LogP contribution in [0, 0.1) is 0 Å². The summed E-state index contributed by atoms with van der Waals surface area (Å²) < 4.78 is 10.8. The van der Waals surface area contributed by atoms with E-state index in [1.54, 1.807) is 62.6 Å². The summed E-state index contributed by atoms with van der Waals surface area (Å²) >= 11 is 0. The molecule has 0 aromatic heterocycles. The summed E-state index contributed by atoms with van der Waals surface area (Å²) in [7, 11) is 1.57. The largest absolute Gasteiger partial charge is 0.497 e. The second-order valence-electron chi connectivity index (χ2n) is 6.26. The minimum atomic E-state index is -0.747. The van der Waals surface area contributed by atoms with Crippen molar-refractivity contribution in [2.24, 2.45) is 0 Å². The van der Waals surface area contributed by atoms with Crippen LogP contribution in [0.1, 0.15) is 37.6 Å². The number of anilines is 1. The fraction of sp³-hybridized carbons (Fsp3) is 0.333. The molecule has 0 bridgehead atoms. The molecule has 0 saturated heterocycles. The van der Waals surface area contributed by atoms with Crippen molar-refractivity contribution in [3.05, 3.63) is 54.1 Å². The van der Waals surface area contributed by atoms with E-state index in [1.807, 2.05) is 13.8 Å². The van der Waals surface area contributed by atoms with Gasteiger partial charge in [0.25, 0.3) is 11.8 Å². The lowest BCUT2D eigenvalue weighted by Crippen LogP contribution is -2.34. The second-order valence-corrected chi connectivity index (χ2v) is 6.26. The lowest BCUT2D eigenvalue weighted by molar-refractivity contribution is -0.122. The number of para-hydroxylation sites is 1. The average Bonchev–Trinajstić information content (AvgIpc) is 2.68. The molecule has 0 heterocycles. The Bertz CT molecular complexity index is 791. The molecule has 6 heteroatoms. The number of ether oxygens (including phenoxy) is 2. The molecule has 0 unspecified atom stereocenters. The monoisotopic (exact) mass is 370 g/mol. The molecule has 0 saturated carbocycles. The Labute approximate surface area is 159 Å². The van der Waals surface area contributed by atoms with Gasteiger partial charge in [-0.15, -0.1) is 0 Å². The number of nitrogens with one attached hydrogen (secondary N) is 2. The number of rotatable bonds is 8. The van der Waals surface area contributed by atoms with Crippen molar-refractivity contribution in [3.63, 3.8) is 0 Å². The summed E-state index contributed by atoms with van der Waals surface area (Å²) in [6.45, 7) is 5.58. The first-order valence-electron chi connectivity index (χ1n) is 8.96. The van der Waals surface area contributed by atoms with Gasteiger partial charge >= 0.3 is 0 Å². The van der Waals surface area contributed by atoms with E-state index in [0.29, 0.717) is 22.7 Å². The average molecular weight is 370 g/mol. The van der Waals surface area contributed by atoms with Gasteiger partial charge in [-0.1, -0.05) is 25.1 Å². The van der Waals surface area contributed by atoms with Crippen LogP contribution in [0.3, 0.4) is 0 Å². The molecule has 2 aromatic rings. The van der Waals surface area contributed by atoms with E-state index >= 15 is 0 Å². The summed E-state index contributed by atoms with van der Waals surface area (Å²) in [5, 5.41) is 5.68. The van der Waals surface area contributed by atoms with Crippen LogP contribution < -0.4 is 20.1 Å². The quantitative estimate of drug-likeness (QED) is 0.744. The molecule has 2 aromatic carbocycles. The Hall–Kier alpha value is -3.02. The van der Waals surface area contributed by atoms with E-state index in [9.17, 15) is 9.59 Å². The highest BCUT2D eigenvalue weighted by molar-refractivity contribution is 6.04. The number of hydrogen-bond acceptors (Lipinski definition) is 4. The van der Waals surface area contributed by atoms with E-state index in [0.717, 1.165) is 6.42 Å². The molecular formula is C21H26N2O4. The third-order valence-corrected chi connectivity index (χ3v) is 4.14. The molecule has 6 nitrogen and oxygen atoms in total. The zero-order valence-corrected chi connectivity index (χ0v) is 16.1. The summed E-state index contributed by atoms with van der Waals surface area (Å²) in [5.41, 5.74) is 0.865. The van der Waals surface area contributed by atoms with Crippen LogP contribution in [0.4, 0.5) is 5.69 Å². The predicted octanol–water partition coefficient (Wildman–Crippen LogP) is 3.63. The summed E-state index contributed by atoms with van der Waals surface area (Å²) in [5.74, 6) is 0.607. The van der Waals surface area contributed by atoms with Crippen LogP contribution in [0.15, 0.2) is 48.5 Å². The maximum absolute atomic E-state index is 12.5. The van der Waals surface area contributed by atoms with Crippen molar-refractivity contribution in [1.82, 2.24) is 5.32 Å². The first-order valence-corrected chi connectivity index (χ1v) is 8.96. The van der Waals surface area contributed by atoms with Gasteiger partial charge in [0.05, 0.1) is 18.4 Å². The van der Waals surface area contributed by atoms with Crippen molar-refractivity contribution >= 4 is 17.5 Å². The van der Waals surface area contributed by atoms with Crippen LogP contribution in [0.25, 0.3) is 0 Å². The molecule has 2 amide bonds. The van der Waals surface area contributed by atoms with Crippen molar-refractivity contribution in [2.75, 3.05) is 12.4 Å². The molecule has 0 aliphatic rings. The highest BCUT2D eigenvalue weighted by Gasteiger charge is 2.19. The number of carbonyl (C=O) groups excluding carboxylic acids is 2. The van der Waals surface area contributed by atoms with Crippen molar-refractivity contribution in [2.45, 2.75) is 39.3 Å². The molecule has 0 spiro atoms. The van der Waals surface area contributed by atoms with Crippen molar-refractivity contribution < 1.29 is 19.1 Å². The SMILES string of the molecule is CC[C@@H](C)NC(=O)c1ccccc1NC(=O)[C@H](C)Oc1cccc(OC)c1. The standard InChI is InChI=1S/C21H26N2O4/c1-5-14(2)22-21(25)18-11-6-7-12-19(18)23-20(24)15(3)27-17-10-8-9-16(13-17)26-4/h6-15H,5H2,1-4H3,(H,22,25)(H,23,24)/t14-,15+/m1/s1. The number of hydrogen-bond donors (Lipinski definition) is 2. The first kappa shape index (κ1) is 20.3. The van der Waals surface area contributed by atoms with E-state index in [2.05, 4.69) is 10.6 Å². The molecular weight excluding hydrogens is 344 g/mol. The van der Waals surface area contributed by atoms with Crippen molar-refractivity contribution in [3.8, 4) is 11.5 Å². The smallest absolute Gasteiger partial charge is 0.265 e. The van der Waals surface area contributed by atoms with Crippen LogP contribution in [0.5, 0.6) is 11.5 Å². The normalized spacial score (nSPS) is 12.6. The Kier molecular flexibility index (Phi) is 7.23. The molecule has 0 aliphatic heterocycles. The van der Waals surface area contributed by atoms with Crippen LogP contribution in [-0.2, 0) is 4.79 Å². The Balaban J connectivity index is 2.07. The Morgan fingerprint density at radius 1 is 1.04 bits per heavy atom. The third-order valence-electron chi connectivity index (χ3n) is 4.14. The van der Waals surface area contributed by atoms with Gasteiger partial charge in [0.15, 0.2) is 6.10 Å². The van der Waals surface area contributed by atoms with Gasteiger partial charge in [0.2, 0.25) is 0 Å². The summed E-state index contributed by atoms with van der Waals surface area (Å²) in [4.78, 5) is 25.0. The lowest BCUT2D eigenvalue weighted by Gasteiger charge is -2.17. The number of methoxy groups -OCH3 is 1. The Morgan fingerprint density at radius 3 is 2.44 bits per heavy atom. The van der Waals surface area contributed by atoms with E-state index in [1.165, 1.54) is 0 Å². The molecule has 2 rings (SSSR count). The topological polar surface area (TPSA) is 76.7 Å². The summed E-state index contributed by atoms with van der Waals surface area (Å²) in [6, 6.07) is 14.0. The van der Waals surface area contributed by atoms with Gasteiger partial charge in [-0.25, -0.2) is 0 Å². The van der Waals surface area contributed by atoms with Crippen molar-refractivity contribution in [1.29, 1.82) is 0 Å². The minimum Gasteiger partial charge on any atom is -0.497 e. The zero-order chi connectivity index (χ0) is 19.8. The molecule has 0 radical (unpaired) electrons. The maximum Gasteiger partial charge on any atom is 0.265 e. The van der Waals surface area contributed by atoms with E-state index in [-0.39, 0.29) is 17.9 Å². The Morgan fingerprint density at radius 2 is 1.74 bits per heavy atom. The van der Waals surface area contributed by atoms with E-state index < -0.39 is 6.10 Å². The zero-order valence-electron chi connectivity index (χ0n) is 16.1. The molecule has 2 atom stereocenters. The van der Waals surface area contributed by atoms with Gasteiger partial charge in [0.1, 0.15) is 11.5 Å². The second kappa shape index (κ2) is 9.62. The summed E-state index contributed by atoms with van der Waals surface area (Å²) in [6.07, 6.45) is 0.0777.